The van der Waals surface area contributed by atoms with E-state index in [9.17, 15) is 14.0 Å². The summed E-state index contributed by atoms with van der Waals surface area (Å²) >= 11 is 0. The SMILES string of the molecule is O=C(COc1ccc(C(=O)c2ccc(F)cc2)cc1)NC[C@@H]1CCCO1. The lowest BCUT2D eigenvalue weighted by atomic mass is 10.0. The zero-order chi connectivity index (χ0) is 18.4. The fourth-order valence-electron chi connectivity index (χ4n) is 2.70. The molecule has 1 amide bonds. The summed E-state index contributed by atoms with van der Waals surface area (Å²) in [5, 5.41) is 2.78. The van der Waals surface area contributed by atoms with Gasteiger partial charge in [-0.3, -0.25) is 9.59 Å². The highest BCUT2D eigenvalue weighted by molar-refractivity contribution is 6.09. The number of hydrogen-bond donors (Lipinski definition) is 1. The summed E-state index contributed by atoms with van der Waals surface area (Å²) in [6.07, 6.45) is 2.08. The average Bonchev–Trinajstić information content (AvgIpc) is 3.19. The van der Waals surface area contributed by atoms with Gasteiger partial charge in [0.1, 0.15) is 11.6 Å². The van der Waals surface area contributed by atoms with Gasteiger partial charge >= 0.3 is 0 Å². The number of amides is 1. The van der Waals surface area contributed by atoms with Gasteiger partial charge in [0, 0.05) is 24.3 Å². The monoisotopic (exact) mass is 357 g/mol. The summed E-state index contributed by atoms with van der Waals surface area (Å²) < 4.78 is 23.8. The van der Waals surface area contributed by atoms with E-state index < -0.39 is 0 Å². The highest BCUT2D eigenvalue weighted by Crippen LogP contribution is 2.16. The summed E-state index contributed by atoms with van der Waals surface area (Å²) in [5.74, 6) is -0.311. The van der Waals surface area contributed by atoms with Crippen LogP contribution in [0.2, 0.25) is 0 Å². The van der Waals surface area contributed by atoms with Gasteiger partial charge in [-0.05, 0) is 61.4 Å². The Labute approximate surface area is 151 Å². The molecule has 0 radical (unpaired) electrons. The molecule has 2 aromatic carbocycles. The van der Waals surface area contributed by atoms with Crippen LogP contribution in [0.3, 0.4) is 0 Å². The fourth-order valence-corrected chi connectivity index (χ4v) is 2.70. The van der Waals surface area contributed by atoms with E-state index in [2.05, 4.69) is 5.32 Å². The van der Waals surface area contributed by atoms with Crippen LogP contribution in [0.5, 0.6) is 5.75 Å². The van der Waals surface area contributed by atoms with Gasteiger partial charge in [0.25, 0.3) is 5.91 Å². The minimum Gasteiger partial charge on any atom is -0.484 e. The number of nitrogens with one attached hydrogen (secondary N) is 1. The first-order valence-corrected chi connectivity index (χ1v) is 8.53. The van der Waals surface area contributed by atoms with E-state index in [1.807, 2.05) is 0 Å². The number of ketones is 1. The first-order valence-electron chi connectivity index (χ1n) is 8.53. The van der Waals surface area contributed by atoms with Crippen molar-refractivity contribution in [2.45, 2.75) is 18.9 Å². The molecule has 1 N–H and O–H groups in total. The van der Waals surface area contributed by atoms with Crippen molar-refractivity contribution in [2.24, 2.45) is 0 Å². The maximum absolute atomic E-state index is 12.9. The average molecular weight is 357 g/mol. The lowest BCUT2D eigenvalue weighted by Crippen LogP contribution is -2.35. The van der Waals surface area contributed by atoms with Crippen LogP contribution in [0.25, 0.3) is 0 Å². The van der Waals surface area contributed by atoms with Gasteiger partial charge in [-0.1, -0.05) is 0 Å². The van der Waals surface area contributed by atoms with E-state index in [0.29, 0.717) is 23.4 Å². The molecule has 136 valence electrons. The van der Waals surface area contributed by atoms with E-state index in [0.717, 1.165) is 19.4 Å². The van der Waals surface area contributed by atoms with Crippen molar-refractivity contribution < 1.29 is 23.5 Å². The van der Waals surface area contributed by atoms with E-state index in [1.54, 1.807) is 24.3 Å². The van der Waals surface area contributed by atoms with Gasteiger partial charge in [0.05, 0.1) is 6.10 Å². The summed E-state index contributed by atoms with van der Waals surface area (Å²) in [6, 6.07) is 11.9. The van der Waals surface area contributed by atoms with Gasteiger partial charge in [0.2, 0.25) is 0 Å². The van der Waals surface area contributed by atoms with Crippen molar-refractivity contribution in [2.75, 3.05) is 19.8 Å². The van der Waals surface area contributed by atoms with Gasteiger partial charge in [0.15, 0.2) is 12.4 Å². The van der Waals surface area contributed by atoms with Crippen LogP contribution in [0.1, 0.15) is 28.8 Å². The van der Waals surface area contributed by atoms with Gasteiger partial charge < -0.3 is 14.8 Å². The van der Waals surface area contributed by atoms with Crippen LogP contribution in [0, 0.1) is 5.82 Å². The third-order valence-electron chi connectivity index (χ3n) is 4.14. The maximum Gasteiger partial charge on any atom is 0.258 e. The highest BCUT2D eigenvalue weighted by atomic mass is 19.1. The number of benzene rings is 2. The molecule has 0 aromatic heterocycles. The van der Waals surface area contributed by atoms with Crippen LogP contribution < -0.4 is 10.1 Å². The molecule has 1 fully saturated rings. The third-order valence-corrected chi connectivity index (χ3v) is 4.14. The molecule has 1 atom stereocenters. The van der Waals surface area contributed by atoms with Crippen LogP contribution in [0.15, 0.2) is 48.5 Å². The Kier molecular flexibility index (Phi) is 5.96. The van der Waals surface area contributed by atoms with E-state index in [4.69, 9.17) is 9.47 Å². The van der Waals surface area contributed by atoms with Crippen LogP contribution >= 0.6 is 0 Å². The van der Waals surface area contributed by atoms with Crippen molar-refractivity contribution in [1.82, 2.24) is 5.32 Å². The molecule has 3 rings (SSSR count). The molecule has 1 aliphatic heterocycles. The Bertz CT molecular complexity index is 752. The second-order valence-electron chi connectivity index (χ2n) is 6.09. The normalized spacial score (nSPS) is 16.3. The molecule has 0 bridgehead atoms. The van der Waals surface area contributed by atoms with E-state index in [-0.39, 0.29) is 30.2 Å². The zero-order valence-corrected chi connectivity index (χ0v) is 14.2. The van der Waals surface area contributed by atoms with Crippen molar-refractivity contribution in [3.05, 3.63) is 65.5 Å². The molecule has 0 spiro atoms. The second kappa shape index (κ2) is 8.58. The van der Waals surface area contributed by atoms with E-state index in [1.165, 1.54) is 24.3 Å². The number of carbonyl (C=O) groups excluding carboxylic acids is 2. The molecular formula is C20H20FNO4. The van der Waals surface area contributed by atoms with Crippen LogP contribution in [-0.2, 0) is 9.53 Å². The molecule has 0 aliphatic carbocycles. The number of rotatable bonds is 7. The summed E-state index contributed by atoms with van der Waals surface area (Å²) in [7, 11) is 0. The molecule has 1 saturated heterocycles. The highest BCUT2D eigenvalue weighted by Gasteiger charge is 2.16. The number of ether oxygens (including phenoxy) is 2. The summed E-state index contributed by atoms with van der Waals surface area (Å²) in [5.41, 5.74) is 0.875. The van der Waals surface area contributed by atoms with Gasteiger partial charge in [-0.15, -0.1) is 0 Å². The molecule has 5 nitrogen and oxygen atoms in total. The van der Waals surface area contributed by atoms with Crippen LogP contribution in [-0.4, -0.2) is 37.6 Å². The van der Waals surface area contributed by atoms with Gasteiger partial charge in [-0.25, -0.2) is 4.39 Å². The predicted octanol–water partition coefficient (Wildman–Crippen LogP) is 2.73. The quantitative estimate of drug-likeness (QED) is 0.774. The Morgan fingerprint density at radius 1 is 1.08 bits per heavy atom. The van der Waals surface area contributed by atoms with Crippen molar-refractivity contribution in [1.29, 1.82) is 0 Å². The van der Waals surface area contributed by atoms with E-state index >= 15 is 0 Å². The molecule has 1 heterocycles. The van der Waals surface area contributed by atoms with Gasteiger partial charge in [-0.2, -0.15) is 0 Å². The fraction of sp³-hybridized carbons (Fsp3) is 0.300. The Morgan fingerprint density at radius 3 is 2.35 bits per heavy atom. The standard InChI is InChI=1S/C20H20FNO4/c21-16-7-3-14(4-8-16)20(24)15-5-9-17(10-6-15)26-13-19(23)22-12-18-2-1-11-25-18/h3-10,18H,1-2,11-13H2,(H,22,23)/t18-/m0/s1. The zero-order valence-electron chi connectivity index (χ0n) is 14.2. The first-order chi connectivity index (χ1) is 12.6. The lowest BCUT2D eigenvalue weighted by molar-refractivity contribution is -0.123. The smallest absolute Gasteiger partial charge is 0.258 e. The number of carbonyl (C=O) groups is 2. The minimum absolute atomic E-state index is 0.0932. The molecule has 6 heteroatoms. The second-order valence-corrected chi connectivity index (χ2v) is 6.09. The first kappa shape index (κ1) is 18.1. The largest absolute Gasteiger partial charge is 0.484 e. The van der Waals surface area contributed by atoms with Crippen molar-refractivity contribution >= 4 is 11.7 Å². The molecule has 2 aromatic rings. The Hall–Kier alpha value is -2.73. The Morgan fingerprint density at radius 2 is 1.73 bits per heavy atom. The predicted molar refractivity (Wildman–Crippen MR) is 93.8 cm³/mol. The van der Waals surface area contributed by atoms with Crippen molar-refractivity contribution in [3.8, 4) is 5.75 Å². The Balaban J connectivity index is 1.48. The minimum atomic E-state index is -0.386. The molecule has 1 aliphatic rings. The van der Waals surface area contributed by atoms with Crippen molar-refractivity contribution in [3.63, 3.8) is 0 Å². The number of halogens is 1. The molecule has 0 saturated carbocycles. The number of hydrogen-bond acceptors (Lipinski definition) is 4. The molecule has 0 unspecified atom stereocenters. The summed E-state index contributed by atoms with van der Waals surface area (Å²) in [4.78, 5) is 24.1. The molecule has 26 heavy (non-hydrogen) atoms. The lowest BCUT2D eigenvalue weighted by Gasteiger charge is -2.11. The topological polar surface area (TPSA) is 64.6 Å². The maximum atomic E-state index is 12.9. The summed E-state index contributed by atoms with van der Waals surface area (Å²) in [6.45, 7) is 1.14. The third kappa shape index (κ3) is 4.89. The molecular weight excluding hydrogens is 337 g/mol. The van der Waals surface area contributed by atoms with Crippen LogP contribution in [0.4, 0.5) is 4.39 Å².